The first kappa shape index (κ1) is 63.8. The van der Waals surface area contributed by atoms with E-state index in [9.17, 15) is 59.1 Å². The Kier molecular flexibility index (Phi) is 23.4. The maximum absolute atomic E-state index is 14.9. The second-order valence-electron chi connectivity index (χ2n) is 21.9. The Bertz CT molecular complexity index is 2340. The van der Waals surface area contributed by atoms with Crippen molar-refractivity contribution in [1.82, 2.24) is 20.4 Å². The van der Waals surface area contributed by atoms with E-state index in [1.807, 2.05) is 61.7 Å². The van der Waals surface area contributed by atoms with Gasteiger partial charge in [0.15, 0.2) is 12.1 Å². The van der Waals surface area contributed by atoms with Gasteiger partial charge in [0.05, 0.1) is 56.4 Å². The molecule has 4 rings (SSSR count). The quantitative estimate of drug-likeness (QED) is 0.0596. The number of quaternary nitrogens is 1. The fraction of sp³-hybridized carbons (Fsp3) is 0.655. The fourth-order valence-corrected chi connectivity index (χ4v) is 11.0. The van der Waals surface area contributed by atoms with Crippen LogP contribution in [0.1, 0.15) is 92.2 Å². The number of methoxy groups -OCH3 is 2. The van der Waals surface area contributed by atoms with Crippen LogP contribution in [0.3, 0.4) is 0 Å². The van der Waals surface area contributed by atoms with Crippen LogP contribution < -0.4 is 20.7 Å². The zero-order valence-electron chi connectivity index (χ0n) is 46.9. The van der Waals surface area contributed by atoms with Crippen molar-refractivity contribution < 1.29 is 82.5 Å². The molecule has 0 saturated carbocycles. The second kappa shape index (κ2) is 28.2. The van der Waals surface area contributed by atoms with Gasteiger partial charge < -0.3 is 74.7 Å². The number of carboxylic acids is 2. The van der Waals surface area contributed by atoms with Crippen molar-refractivity contribution in [3.63, 3.8) is 0 Å². The number of likely N-dealkylation sites (N-methyl/N-ethyl adjacent to an activating group) is 2. The Labute approximate surface area is 452 Å². The summed E-state index contributed by atoms with van der Waals surface area (Å²) in [6.07, 6.45) is -9.13. The number of carboxylic acid groups (broad SMARTS) is 2. The molecule has 8 N–H and O–H groups in total. The highest BCUT2D eigenvalue weighted by molar-refractivity contribution is 5.91. The molecule has 22 nitrogen and oxygen atoms in total. The molecule has 2 aromatic carbocycles. The average molecular weight is 1090 g/mol. The zero-order chi connectivity index (χ0) is 57.8. The molecule has 22 heteroatoms. The van der Waals surface area contributed by atoms with Crippen molar-refractivity contribution in [2.45, 2.75) is 167 Å². The summed E-state index contributed by atoms with van der Waals surface area (Å²) in [6.45, 7) is 14.9. The molecule has 430 valence electrons. The van der Waals surface area contributed by atoms with Gasteiger partial charge >= 0.3 is 11.9 Å². The molecule has 0 aliphatic carbocycles. The molecular weight excluding hydrogens is 1000 g/mol. The lowest BCUT2D eigenvalue weighted by atomic mass is 9.89. The lowest BCUT2D eigenvalue weighted by molar-refractivity contribution is -0.922. The van der Waals surface area contributed by atoms with Crippen molar-refractivity contribution in [3.05, 3.63) is 59.7 Å². The monoisotopic (exact) mass is 1090 g/mol. The second-order valence-corrected chi connectivity index (χ2v) is 21.9. The number of rotatable bonds is 27. The van der Waals surface area contributed by atoms with Crippen molar-refractivity contribution in [3.8, 4) is 5.75 Å². The van der Waals surface area contributed by atoms with Crippen LogP contribution in [-0.4, -0.2) is 196 Å². The van der Waals surface area contributed by atoms with Crippen LogP contribution in [0.5, 0.6) is 5.75 Å². The first-order chi connectivity index (χ1) is 36.1. The molecule has 0 radical (unpaired) electrons. The van der Waals surface area contributed by atoms with Gasteiger partial charge in [-0.2, -0.15) is 0 Å². The maximum Gasteiger partial charge on any atom is 0.335 e. The summed E-state index contributed by atoms with van der Waals surface area (Å²) >= 11 is 0. The van der Waals surface area contributed by atoms with E-state index in [1.165, 1.54) is 27.2 Å². The third kappa shape index (κ3) is 16.2. The average Bonchev–Trinajstić information content (AvgIpc) is 3.85. The number of hydrogen-bond donors (Lipinski definition) is 8. The number of aliphatic carboxylic acids is 2. The smallest absolute Gasteiger partial charge is 0.335 e. The maximum atomic E-state index is 14.9. The molecule has 0 aromatic heterocycles. The molecule has 2 heterocycles. The van der Waals surface area contributed by atoms with E-state index >= 15 is 0 Å². The van der Waals surface area contributed by atoms with E-state index in [2.05, 4.69) is 16.0 Å². The Hall–Kier alpha value is -5.75. The van der Waals surface area contributed by atoms with E-state index < -0.39 is 109 Å². The highest BCUT2D eigenvalue weighted by Gasteiger charge is 2.49. The molecule has 77 heavy (non-hydrogen) atoms. The minimum absolute atomic E-state index is 0.0395. The van der Waals surface area contributed by atoms with E-state index in [4.69, 9.17) is 18.9 Å². The van der Waals surface area contributed by atoms with Crippen LogP contribution in [0.25, 0.3) is 0 Å². The molecule has 2 fully saturated rings. The number of amides is 5. The van der Waals surface area contributed by atoms with Gasteiger partial charge in [0.1, 0.15) is 42.7 Å². The number of nitrogens with one attached hydrogen (secondary N) is 3. The minimum Gasteiger partial charge on any atom is -0.480 e. The summed E-state index contributed by atoms with van der Waals surface area (Å²) < 4.78 is 23.1. The van der Waals surface area contributed by atoms with E-state index in [-0.39, 0.29) is 64.9 Å². The van der Waals surface area contributed by atoms with Crippen molar-refractivity contribution >= 4 is 47.2 Å². The van der Waals surface area contributed by atoms with Crippen molar-refractivity contribution in [1.29, 1.82) is 0 Å². The Morgan fingerprint density at radius 2 is 1.49 bits per heavy atom. The van der Waals surface area contributed by atoms with Crippen LogP contribution in [0.2, 0.25) is 0 Å². The van der Waals surface area contributed by atoms with Gasteiger partial charge in [0.25, 0.3) is 5.91 Å². The molecule has 5 amide bonds. The van der Waals surface area contributed by atoms with Gasteiger partial charge in [-0.1, -0.05) is 85.2 Å². The summed E-state index contributed by atoms with van der Waals surface area (Å²) in [5.74, 6) is -6.50. The third-order valence-electron chi connectivity index (χ3n) is 15.0. The molecule has 2 aliphatic rings. The molecule has 2 aliphatic heterocycles. The van der Waals surface area contributed by atoms with Crippen LogP contribution in [0, 0.1) is 23.7 Å². The number of anilines is 1. The SMILES string of the molecule is CC[C@H](C)[C@@H]([C@@H](CC(=O)N1CCC[C@H]1[C@H](OC)[C@@H](C)C(=O)N[C@@H](Cc1ccccc1)C(=O)O)OC)N(C)C(=O)[C@@H](NC(=O)[C@H](C(C)C)[N+](C)(C)Cc1ccc(O[C@@H]2O[C@H](C(=O)O)[C@@H](O)[C@H](O)[C@H]2O)c(NC(C)=O)c1)C(C)C. The van der Waals surface area contributed by atoms with Gasteiger partial charge in [-0.05, 0) is 48.4 Å². The van der Waals surface area contributed by atoms with E-state index in [1.54, 1.807) is 60.2 Å². The van der Waals surface area contributed by atoms with Gasteiger partial charge in [0.2, 0.25) is 29.9 Å². The minimum atomic E-state index is -1.94. The number of likely N-dealkylation sites (tertiary alicyclic amines) is 1. The van der Waals surface area contributed by atoms with Crippen molar-refractivity contribution in [2.24, 2.45) is 23.7 Å². The molecular formula is C55H85N6O16+. The number of nitrogens with zero attached hydrogens (tertiary/aromatic N) is 3. The molecule has 0 spiro atoms. The predicted octanol–water partition coefficient (Wildman–Crippen LogP) is 2.39. The number of aliphatic hydroxyl groups is 3. The van der Waals surface area contributed by atoms with Crippen LogP contribution in [-0.2, 0) is 60.7 Å². The van der Waals surface area contributed by atoms with Crippen LogP contribution in [0.4, 0.5) is 5.69 Å². The number of aliphatic hydroxyl groups excluding tert-OH is 3. The number of ether oxygens (including phenoxy) is 4. The lowest BCUT2D eigenvalue weighted by Crippen LogP contribution is -2.63. The van der Waals surface area contributed by atoms with Gasteiger partial charge in [-0.15, -0.1) is 0 Å². The third-order valence-corrected chi connectivity index (χ3v) is 15.0. The largest absolute Gasteiger partial charge is 0.480 e. The summed E-state index contributed by atoms with van der Waals surface area (Å²) in [4.78, 5) is 97.3. The highest BCUT2D eigenvalue weighted by Crippen LogP contribution is 2.34. The molecule has 0 bridgehead atoms. The molecule has 2 saturated heterocycles. The molecule has 14 atom stereocenters. The molecule has 0 unspecified atom stereocenters. The van der Waals surface area contributed by atoms with E-state index in [0.29, 0.717) is 31.4 Å². The number of carbonyl (C=O) groups excluding carboxylic acids is 5. The fourth-order valence-electron chi connectivity index (χ4n) is 11.0. The van der Waals surface area contributed by atoms with Crippen molar-refractivity contribution in [2.75, 3.05) is 47.2 Å². The number of hydrogen-bond acceptors (Lipinski definition) is 14. The van der Waals surface area contributed by atoms with Crippen LogP contribution >= 0.6 is 0 Å². The predicted molar refractivity (Wildman–Crippen MR) is 283 cm³/mol. The first-order valence-electron chi connectivity index (χ1n) is 26.4. The van der Waals surface area contributed by atoms with Gasteiger partial charge in [0, 0.05) is 52.6 Å². The summed E-state index contributed by atoms with van der Waals surface area (Å²) in [6, 6.07) is 9.65. The highest BCUT2D eigenvalue weighted by atomic mass is 16.7. The zero-order valence-corrected chi connectivity index (χ0v) is 46.9. The standard InChI is InChI=1S/C55H84N6O16/c1-14-31(6)43(40(74-12)27-41(63)60-24-18-21-38(60)48(75-13)32(7)50(67)57-37(53(70)71)25-34-19-16-15-17-20-34)59(9)52(69)42(29(2)3)58-51(68)44(30(4)5)61(10,11)28-35-22-23-39(36(26-35)56-33(8)62)76-55-47(66)45(64)46(65)49(77-55)54(72)73/h15-17,19-20,22-23,26,29-32,37-38,40,42-49,55,64-66H,14,18,21,24-25,27-28H2,1-13H3,(H4-,56,57,58,62,67,68,70,71,72,73)/p+1/t31-,32+,37-,38-,40+,42-,43-,44-,45-,46-,47+,48+,49-,55+/m0/s1. The Morgan fingerprint density at radius 3 is 2.04 bits per heavy atom. The number of carbonyl (C=O) groups is 7. The molecule has 2 aromatic rings. The normalized spacial score (nSPS) is 22.9. The summed E-state index contributed by atoms with van der Waals surface area (Å²) in [5.41, 5.74) is 1.49. The topological polar surface area (TPSA) is 300 Å². The number of benzene rings is 2. The lowest BCUT2D eigenvalue weighted by Gasteiger charge is -2.42. The Morgan fingerprint density at radius 1 is 0.844 bits per heavy atom. The first-order valence-corrected chi connectivity index (χ1v) is 26.4. The Balaban J connectivity index is 1.52. The summed E-state index contributed by atoms with van der Waals surface area (Å²) in [5, 5.41) is 59.0. The summed E-state index contributed by atoms with van der Waals surface area (Å²) in [7, 11) is 8.31. The van der Waals surface area contributed by atoms with Gasteiger partial charge in [-0.3, -0.25) is 24.0 Å². The van der Waals surface area contributed by atoms with E-state index in [0.717, 1.165) is 5.56 Å². The van der Waals surface area contributed by atoms with Crippen LogP contribution in [0.15, 0.2) is 48.5 Å². The van der Waals surface area contributed by atoms with Gasteiger partial charge in [-0.25, -0.2) is 9.59 Å².